The minimum Gasteiger partial charge on any atom is -0.494 e. The zero-order valence-corrected chi connectivity index (χ0v) is 12.8. The lowest BCUT2D eigenvalue weighted by atomic mass is 10.1. The van der Waals surface area contributed by atoms with Crippen LogP contribution in [0.1, 0.15) is 29.2 Å². The van der Waals surface area contributed by atoms with Crippen molar-refractivity contribution >= 4 is 11.3 Å². The Kier molecular flexibility index (Phi) is 5.09. The van der Waals surface area contributed by atoms with Gasteiger partial charge in [0.1, 0.15) is 0 Å². The van der Waals surface area contributed by atoms with E-state index < -0.39 is 0 Å². The zero-order valence-electron chi connectivity index (χ0n) is 11.9. The Balaban J connectivity index is 1.89. The van der Waals surface area contributed by atoms with Gasteiger partial charge >= 0.3 is 0 Å². The van der Waals surface area contributed by atoms with Crippen molar-refractivity contribution in [1.82, 2.24) is 10.3 Å². The van der Waals surface area contributed by atoms with Gasteiger partial charge < -0.3 is 10.1 Å². The lowest BCUT2D eigenvalue weighted by Crippen LogP contribution is -2.21. The standard InChI is InChI=1S/C15H19FN2OS/c1-10(12-4-5-14(16)15(8-12)19-3)17-7-6-13-9-20-11(2)18-13/h4-5,8-10,17H,6-7H2,1-3H3. The van der Waals surface area contributed by atoms with Crippen LogP contribution in [0.5, 0.6) is 5.75 Å². The molecule has 0 aliphatic carbocycles. The molecule has 108 valence electrons. The summed E-state index contributed by atoms with van der Waals surface area (Å²) in [4.78, 5) is 4.43. The molecule has 0 saturated heterocycles. The third kappa shape index (κ3) is 3.77. The van der Waals surface area contributed by atoms with Gasteiger partial charge in [-0.3, -0.25) is 0 Å². The summed E-state index contributed by atoms with van der Waals surface area (Å²) in [5, 5.41) is 6.59. The van der Waals surface area contributed by atoms with Crippen LogP contribution in [0.4, 0.5) is 4.39 Å². The summed E-state index contributed by atoms with van der Waals surface area (Å²) in [6.07, 6.45) is 0.896. The molecule has 0 fully saturated rings. The molecule has 3 nitrogen and oxygen atoms in total. The van der Waals surface area contributed by atoms with Gasteiger partial charge in [0.2, 0.25) is 0 Å². The lowest BCUT2D eigenvalue weighted by molar-refractivity contribution is 0.385. The number of methoxy groups -OCH3 is 1. The van der Waals surface area contributed by atoms with E-state index in [0.717, 1.165) is 29.2 Å². The summed E-state index contributed by atoms with van der Waals surface area (Å²) in [7, 11) is 1.48. The third-order valence-electron chi connectivity index (χ3n) is 3.17. The predicted molar refractivity (Wildman–Crippen MR) is 79.9 cm³/mol. The molecule has 2 aromatic rings. The summed E-state index contributed by atoms with van der Waals surface area (Å²) in [5.74, 6) is -0.0484. The number of nitrogens with one attached hydrogen (secondary N) is 1. The summed E-state index contributed by atoms with van der Waals surface area (Å²) in [6, 6.07) is 5.10. The van der Waals surface area contributed by atoms with Crippen molar-refractivity contribution in [3.63, 3.8) is 0 Å². The molecule has 0 bridgehead atoms. The van der Waals surface area contributed by atoms with Gasteiger partial charge in [-0.1, -0.05) is 6.07 Å². The molecule has 1 N–H and O–H groups in total. The molecule has 0 aliphatic heterocycles. The molecule has 1 heterocycles. The summed E-state index contributed by atoms with van der Waals surface area (Å²) in [6.45, 7) is 4.90. The van der Waals surface area contributed by atoms with Gasteiger partial charge in [-0.15, -0.1) is 11.3 Å². The first-order valence-electron chi connectivity index (χ1n) is 6.58. The number of thiazole rings is 1. The highest BCUT2D eigenvalue weighted by molar-refractivity contribution is 7.09. The topological polar surface area (TPSA) is 34.1 Å². The smallest absolute Gasteiger partial charge is 0.165 e. The van der Waals surface area contributed by atoms with Gasteiger partial charge in [-0.2, -0.15) is 0 Å². The number of halogens is 1. The average molecular weight is 294 g/mol. The third-order valence-corrected chi connectivity index (χ3v) is 4.00. The summed E-state index contributed by atoms with van der Waals surface area (Å²) in [5.41, 5.74) is 2.13. The maximum absolute atomic E-state index is 13.4. The molecule has 1 unspecified atom stereocenters. The number of rotatable bonds is 6. The summed E-state index contributed by atoms with van der Waals surface area (Å²) < 4.78 is 18.4. The molecule has 0 radical (unpaired) electrons. The maximum Gasteiger partial charge on any atom is 0.165 e. The SMILES string of the molecule is COc1cc(C(C)NCCc2csc(C)n2)ccc1F. The van der Waals surface area contributed by atoms with E-state index in [1.54, 1.807) is 23.5 Å². The number of ether oxygens (including phenoxy) is 1. The van der Waals surface area contributed by atoms with Crippen LogP contribution in [0.2, 0.25) is 0 Å². The van der Waals surface area contributed by atoms with Crippen LogP contribution in [-0.2, 0) is 6.42 Å². The van der Waals surface area contributed by atoms with E-state index in [1.807, 2.05) is 6.92 Å². The molecular formula is C15H19FN2OS. The Morgan fingerprint density at radius 1 is 1.45 bits per heavy atom. The van der Waals surface area contributed by atoms with Crippen LogP contribution in [0.15, 0.2) is 23.6 Å². The van der Waals surface area contributed by atoms with E-state index in [0.29, 0.717) is 0 Å². The number of aromatic nitrogens is 1. The Hall–Kier alpha value is -1.46. The molecule has 2 rings (SSSR count). The normalized spacial score (nSPS) is 12.4. The fourth-order valence-corrected chi connectivity index (χ4v) is 2.65. The predicted octanol–water partition coefficient (Wildman–Crippen LogP) is 3.49. The molecule has 1 aromatic carbocycles. The fraction of sp³-hybridized carbons (Fsp3) is 0.400. The van der Waals surface area contributed by atoms with Crippen molar-refractivity contribution in [3.8, 4) is 5.75 Å². The first-order chi connectivity index (χ1) is 9.60. The molecular weight excluding hydrogens is 275 g/mol. The second-order valence-corrected chi connectivity index (χ2v) is 5.74. The number of hydrogen-bond donors (Lipinski definition) is 1. The minimum absolute atomic E-state index is 0.143. The number of aryl methyl sites for hydroxylation is 1. The van der Waals surface area contributed by atoms with Crippen molar-refractivity contribution < 1.29 is 9.13 Å². The highest BCUT2D eigenvalue weighted by Crippen LogP contribution is 2.22. The van der Waals surface area contributed by atoms with Crippen LogP contribution < -0.4 is 10.1 Å². The Bertz CT molecular complexity index is 571. The second kappa shape index (κ2) is 6.81. The molecule has 0 amide bonds. The Morgan fingerprint density at radius 3 is 2.90 bits per heavy atom. The van der Waals surface area contributed by atoms with Crippen molar-refractivity contribution in [2.45, 2.75) is 26.3 Å². The zero-order chi connectivity index (χ0) is 14.5. The van der Waals surface area contributed by atoms with Crippen LogP contribution >= 0.6 is 11.3 Å². The van der Waals surface area contributed by atoms with Crippen LogP contribution in [0.3, 0.4) is 0 Å². The molecule has 0 aliphatic rings. The van der Waals surface area contributed by atoms with E-state index in [1.165, 1.54) is 13.2 Å². The van der Waals surface area contributed by atoms with Crippen molar-refractivity contribution in [2.24, 2.45) is 0 Å². The van der Waals surface area contributed by atoms with Crippen LogP contribution in [-0.4, -0.2) is 18.6 Å². The maximum atomic E-state index is 13.4. The van der Waals surface area contributed by atoms with Crippen LogP contribution in [0.25, 0.3) is 0 Å². The van der Waals surface area contributed by atoms with Gasteiger partial charge in [0.25, 0.3) is 0 Å². The first kappa shape index (κ1) is 14.9. The Labute approximate surface area is 122 Å². The number of benzene rings is 1. The molecule has 0 saturated carbocycles. The molecule has 0 spiro atoms. The quantitative estimate of drug-likeness (QED) is 0.885. The van der Waals surface area contributed by atoms with Crippen molar-refractivity contribution in [2.75, 3.05) is 13.7 Å². The average Bonchev–Trinajstić information content (AvgIpc) is 2.85. The lowest BCUT2D eigenvalue weighted by Gasteiger charge is -2.15. The highest BCUT2D eigenvalue weighted by Gasteiger charge is 2.09. The second-order valence-electron chi connectivity index (χ2n) is 4.68. The van der Waals surface area contributed by atoms with Gasteiger partial charge in [0.05, 0.1) is 17.8 Å². The van der Waals surface area contributed by atoms with Crippen molar-refractivity contribution in [3.05, 3.63) is 45.7 Å². The number of nitrogens with zero attached hydrogens (tertiary/aromatic N) is 1. The van der Waals surface area contributed by atoms with E-state index in [2.05, 4.69) is 22.6 Å². The van der Waals surface area contributed by atoms with E-state index in [9.17, 15) is 4.39 Å². The summed E-state index contributed by atoms with van der Waals surface area (Å²) >= 11 is 1.67. The Morgan fingerprint density at radius 2 is 2.25 bits per heavy atom. The molecule has 5 heteroatoms. The largest absolute Gasteiger partial charge is 0.494 e. The monoisotopic (exact) mass is 294 g/mol. The van der Waals surface area contributed by atoms with Gasteiger partial charge in [-0.05, 0) is 31.5 Å². The minimum atomic E-state index is -0.332. The van der Waals surface area contributed by atoms with Gasteiger partial charge in [-0.25, -0.2) is 9.37 Å². The first-order valence-corrected chi connectivity index (χ1v) is 7.46. The van der Waals surface area contributed by atoms with E-state index in [-0.39, 0.29) is 17.6 Å². The molecule has 20 heavy (non-hydrogen) atoms. The van der Waals surface area contributed by atoms with E-state index in [4.69, 9.17) is 4.74 Å². The molecule has 1 aromatic heterocycles. The van der Waals surface area contributed by atoms with Crippen molar-refractivity contribution in [1.29, 1.82) is 0 Å². The van der Waals surface area contributed by atoms with Gasteiger partial charge in [0.15, 0.2) is 11.6 Å². The van der Waals surface area contributed by atoms with E-state index >= 15 is 0 Å². The fourth-order valence-electron chi connectivity index (χ4n) is 2.00. The highest BCUT2D eigenvalue weighted by atomic mass is 32.1. The molecule has 1 atom stereocenters. The number of hydrogen-bond acceptors (Lipinski definition) is 4. The van der Waals surface area contributed by atoms with Crippen LogP contribution in [0, 0.1) is 12.7 Å². The van der Waals surface area contributed by atoms with Gasteiger partial charge in [0, 0.05) is 24.4 Å².